The fourth-order valence-corrected chi connectivity index (χ4v) is 3.69. The summed E-state index contributed by atoms with van der Waals surface area (Å²) < 4.78 is 5.54. The number of hydrogen-bond acceptors (Lipinski definition) is 3. The van der Waals surface area contributed by atoms with E-state index < -0.39 is 12.0 Å². The Labute approximate surface area is 149 Å². The highest BCUT2D eigenvalue weighted by atomic mass is 16.5. The molecule has 3 rings (SSSR count). The number of carboxylic acid groups (broad SMARTS) is 1. The topological polar surface area (TPSA) is 49.8 Å². The van der Waals surface area contributed by atoms with Gasteiger partial charge in [-0.05, 0) is 49.9 Å². The molecule has 0 aliphatic carbocycles. The molecule has 4 nitrogen and oxygen atoms in total. The van der Waals surface area contributed by atoms with E-state index in [1.54, 1.807) is 0 Å². The number of rotatable bonds is 6. The quantitative estimate of drug-likeness (QED) is 0.863. The summed E-state index contributed by atoms with van der Waals surface area (Å²) in [6.45, 7) is 5.46. The Morgan fingerprint density at radius 2 is 2.00 bits per heavy atom. The van der Waals surface area contributed by atoms with Crippen LogP contribution < -0.4 is 4.74 Å². The Bertz CT molecular complexity index is 726. The van der Waals surface area contributed by atoms with Gasteiger partial charge in [0.2, 0.25) is 0 Å². The highest BCUT2D eigenvalue weighted by Crippen LogP contribution is 2.35. The molecular formula is C21H25NO3. The summed E-state index contributed by atoms with van der Waals surface area (Å²) in [5.74, 6) is 0.103. The minimum atomic E-state index is -0.735. The smallest absolute Gasteiger partial charge is 0.320 e. The summed E-state index contributed by atoms with van der Waals surface area (Å²) in [5, 5.41) is 9.63. The summed E-state index contributed by atoms with van der Waals surface area (Å²) in [7, 11) is 0. The van der Waals surface area contributed by atoms with Gasteiger partial charge in [-0.25, -0.2) is 0 Å². The number of aryl methyl sites for hydroxylation is 1. The number of carbonyl (C=O) groups is 1. The molecule has 0 saturated carbocycles. The van der Waals surface area contributed by atoms with Crippen molar-refractivity contribution in [3.8, 4) is 5.75 Å². The van der Waals surface area contributed by atoms with Crippen LogP contribution in [0.25, 0.3) is 0 Å². The minimum absolute atomic E-state index is 0.0563. The average molecular weight is 339 g/mol. The molecule has 2 aromatic carbocycles. The first kappa shape index (κ1) is 17.5. The first-order chi connectivity index (χ1) is 12.1. The van der Waals surface area contributed by atoms with Crippen LogP contribution in [0.5, 0.6) is 5.75 Å². The predicted octanol–water partition coefficient (Wildman–Crippen LogP) is 4.03. The van der Waals surface area contributed by atoms with Gasteiger partial charge in [-0.15, -0.1) is 0 Å². The molecule has 0 spiro atoms. The Kier molecular flexibility index (Phi) is 5.39. The number of benzene rings is 2. The maximum atomic E-state index is 11.7. The number of nitrogens with zero attached hydrogens (tertiary/aromatic N) is 1. The Morgan fingerprint density at radius 1 is 1.24 bits per heavy atom. The van der Waals surface area contributed by atoms with E-state index >= 15 is 0 Å². The Hall–Kier alpha value is -2.33. The fraction of sp³-hybridized carbons (Fsp3) is 0.381. The highest BCUT2D eigenvalue weighted by molar-refractivity contribution is 5.74. The van der Waals surface area contributed by atoms with Gasteiger partial charge in [0, 0.05) is 6.54 Å². The molecule has 2 unspecified atom stereocenters. The zero-order chi connectivity index (χ0) is 17.8. The maximum Gasteiger partial charge on any atom is 0.320 e. The van der Waals surface area contributed by atoms with E-state index in [9.17, 15) is 9.90 Å². The highest BCUT2D eigenvalue weighted by Gasteiger charge is 2.36. The molecule has 1 fully saturated rings. The van der Waals surface area contributed by atoms with Crippen molar-refractivity contribution in [3.05, 3.63) is 65.2 Å². The van der Waals surface area contributed by atoms with E-state index in [0.29, 0.717) is 13.0 Å². The van der Waals surface area contributed by atoms with E-state index in [1.807, 2.05) is 25.1 Å². The lowest BCUT2D eigenvalue weighted by atomic mass is 9.95. The van der Waals surface area contributed by atoms with Gasteiger partial charge in [-0.1, -0.05) is 42.0 Å². The molecule has 0 amide bonds. The monoisotopic (exact) mass is 339 g/mol. The number of ether oxygens (including phenoxy) is 1. The molecule has 1 heterocycles. The standard InChI is InChI=1S/C21H25NO3/c1-3-25-18-11-9-16(10-12-18)20(17-7-4-6-15(2)14-17)22-13-5-8-19(22)21(23)24/h4,6-7,9-12,14,19-20H,3,5,8,13H2,1-2H3,(H,23,24). The normalized spacial score (nSPS) is 18.9. The van der Waals surface area contributed by atoms with Gasteiger partial charge >= 0.3 is 5.97 Å². The van der Waals surface area contributed by atoms with Crippen molar-refractivity contribution in [1.82, 2.24) is 4.90 Å². The first-order valence-corrected chi connectivity index (χ1v) is 8.88. The molecule has 4 heteroatoms. The molecule has 25 heavy (non-hydrogen) atoms. The van der Waals surface area contributed by atoms with Crippen LogP contribution in [0.3, 0.4) is 0 Å². The van der Waals surface area contributed by atoms with Crippen LogP contribution in [-0.2, 0) is 4.79 Å². The molecule has 0 bridgehead atoms. The minimum Gasteiger partial charge on any atom is -0.494 e. The fourth-order valence-electron chi connectivity index (χ4n) is 3.69. The van der Waals surface area contributed by atoms with E-state index in [-0.39, 0.29) is 6.04 Å². The molecule has 0 radical (unpaired) electrons. The van der Waals surface area contributed by atoms with Crippen LogP contribution >= 0.6 is 0 Å². The van der Waals surface area contributed by atoms with Crippen LogP contribution in [0.15, 0.2) is 48.5 Å². The second kappa shape index (κ2) is 7.70. The molecule has 1 aliphatic heterocycles. The van der Waals surface area contributed by atoms with Crippen LogP contribution in [0, 0.1) is 6.92 Å². The Morgan fingerprint density at radius 3 is 2.64 bits per heavy atom. The van der Waals surface area contributed by atoms with Crippen LogP contribution in [0.2, 0.25) is 0 Å². The number of aliphatic carboxylic acids is 1. The van der Waals surface area contributed by atoms with Crippen molar-refractivity contribution >= 4 is 5.97 Å². The van der Waals surface area contributed by atoms with Crippen LogP contribution in [0.4, 0.5) is 0 Å². The molecule has 1 N–H and O–H groups in total. The lowest BCUT2D eigenvalue weighted by molar-refractivity contribution is -0.142. The van der Waals surface area contributed by atoms with E-state index in [4.69, 9.17) is 4.74 Å². The van der Waals surface area contributed by atoms with Gasteiger partial charge in [-0.2, -0.15) is 0 Å². The SMILES string of the molecule is CCOc1ccc(C(c2cccc(C)c2)N2CCCC2C(=O)O)cc1. The van der Waals surface area contributed by atoms with Crippen molar-refractivity contribution in [2.45, 2.75) is 38.8 Å². The van der Waals surface area contributed by atoms with E-state index in [0.717, 1.165) is 29.8 Å². The maximum absolute atomic E-state index is 11.7. The summed E-state index contributed by atoms with van der Waals surface area (Å²) in [4.78, 5) is 13.8. The molecule has 2 aromatic rings. The van der Waals surface area contributed by atoms with Crippen LogP contribution in [0.1, 0.15) is 42.5 Å². The summed E-state index contributed by atoms with van der Waals surface area (Å²) >= 11 is 0. The molecular weight excluding hydrogens is 314 g/mol. The zero-order valence-electron chi connectivity index (χ0n) is 14.8. The largest absolute Gasteiger partial charge is 0.494 e. The number of hydrogen-bond donors (Lipinski definition) is 1. The van der Waals surface area contributed by atoms with Gasteiger partial charge in [0.15, 0.2) is 0 Å². The molecule has 1 aliphatic rings. The third kappa shape index (κ3) is 3.85. The second-order valence-electron chi connectivity index (χ2n) is 6.55. The van der Waals surface area contributed by atoms with E-state index in [2.05, 4.69) is 42.2 Å². The van der Waals surface area contributed by atoms with Gasteiger partial charge in [0.25, 0.3) is 0 Å². The summed E-state index contributed by atoms with van der Waals surface area (Å²) in [6, 6.07) is 15.9. The average Bonchev–Trinajstić information content (AvgIpc) is 3.07. The molecule has 132 valence electrons. The van der Waals surface area contributed by atoms with Gasteiger partial charge in [-0.3, -0.25) is 9.69 Å². The van der Waals surface area contributed by atoms with Gasteiger partial charge < -0.3 is 9.84 Å². The predicted molar refractivity (Wildman–Crippen MR) is 98.0 cm³/mol. The van der Waals surface area contributed by atoms with Crippen molar-refractivity contribution < 1.29 is 14.6 Å². The third-order valence-corrected chi connectivity index (χ3v) is 4.78. The number of carboxylic acids is 1. The van der Waals surface area contributed by atoms with E-state index in [1.165, 1.54) is 5.56 Å². The van der Waals surface area contributed by atoms with Crippen molar-refractivity contribution in [3.63, 3.8) is 0 Å². The van der Waals surface area contributed by atoms with Crippen molar-refractivity contribution in [2.24, 2.45) is 0 Å². The zero-order valence-corrected chi connectivity index (χ0v) is 14.8. The van der Waals surface area contributed by atoms with Crippen molar-refractivity contribution in [2.75, 3.05) is 13.2 Å². The van der Waals surface area contributed by atoms with Crippen molar-refractivity contribution in [1.29, 1.82) is 0 Å². The lowest BCUT2D eigenvalue weighted by Gasteiger charge is -2.32. The number of likely N-dealkylation sites (tertiary alicyclic amines) is 1. The molecule has 2 atom stereocenters. The third-order valence-electron chi connectivity index (χ3n) is 4.78. The Balaban J connectivity index is 2.01. The molecule has 0 aromatic heterocycles. The second-order valence-corrected chi connectivity index (χ2v) is 6.55. The van der Waals surface area contributed by atoms with Crippen LogP contribution in [-0.4, -0.2) is 35.2 Å². The molecule has 1 saturated heterocycles. The lowest BCUT2D eigenvalue weighted by Crippen LogP contribution is -2.39. The summed E-state index contributed by atoms with van der Waals surface area (Å²) in [6.07, 6.45) is 1.62. The van der Waals surface area contributed by atoms with Gasteiger partial charge in [0.1, 0.15) is 11.8 Å². The first-order valence-electron chi connectivity index (χ1n) is 8.88. The van der Waals surface area contributed by atoms with Gasteiger partial charge in [0.05, 0.1) is 12.6 Å². The summed E-state index contributed by atoms with van der Waals surface area (Å²) in [5.41, 5.74) is 3.42.